The van der Waals surface area contributed by atoms with Crippen LogP contribution in [0.25, 0.3) is 0 Å². The van der Waals surface area contributed by atoms with Gasteiger partial charge in [0.05, 0.1) is 5.56 Å². The lowest BCUT2D eigenvalue weighted by Gasteiger charge is -2.27. The summed E-state index contributed by atoms with van der Waals surface area (Å²) < 4.78 is 18.0. The van der Waals surface area contributed by atoms with E-state index in [0.717, 1.165) is 0 Å². The van der Waals surface area contributed by atoms with Gasteiger partial charge in [-0.15, -0.1) is 0 Å². The van der Waals surface area contributed by atoms with Crippen molar-refractivity contribution in [1.29, 1.82) is 0 Å². The number of aromatic amines is 1. The summed E-state index contributed by atoms with van der Waals surface area (Å²) in [7, 11) is 1.46. The van der Waals surface area contributed by atoms with Crippen molar-refractivity contribution in [2.24, 2.45) is 0 Å². The first-order chi connectivity index (χ1) is 12.4. The Morgan fingerprint density at radius 3 is 2.77 bits per heavy atom. The van der Waals surface area contributed by atoms with Gasteiger partial charge in [-0.25, -0.2) is 9.59 Å². The molecule has 138 valence electrons. The van der Waals surface area contributed by atoms with Crippen molar-refractivity contribution in [2.45, 2.75) is 31.8 Å². The number of ether oxygens (including phenoxy) is 3. The van der Waals surface area contributed by atoms with Crippen molar-refractivity contribution in [3.05, 3.63) is 68.5 Å². The fraction of sp³-hybridized carbons (Fsp3) is 0.389. The van der Waals surface area contributed by atoms with Crippen LogP contribution in [0.5, 0.6) is 0 Å². The van der Waals surface area contributed by atoms with Crippen molar-refractivity contribution in [1.82, 2.24) is 9.55 Å². The molecular formula is C18H20N2O6. The number of esters is 1. The molecule has 1 N–H and O–H groups in total. The van der Waals surface area contributed by atoms with E-state index < -0.39 is 29.2 Å². The summed E-state index contributed by atoms with van der Waals surface area (Å²) in [6.07, 6.45) is 1.74. The molecule has 8 heteroatoms. The minimum atomic E-state index is -1.14. The molecule has 1 saturated heterocycles. The topological polar surface area (TPSA) is 99.6 Å². The number of nitrogens with one attached hydrogen (secondary N) is 1. The smallest absolute Gasteiger partial charge is 0.338 e. The number of aryl methyl sites for hydroxylation is 1. The van der Waals surface area contributed by atoms with Crippen LogP contribution < -0.4 is 11.2 Å². The molecule has 2 heterocycles. The third kappa shape index (κ3) is 3.61. The Labute approximate surface area is 149 Å². The maximum absolute atomic E-state index is 12.1. The van der Waals surface area contributed by atoms with Crippen molar-refractivity contribution in [2.75, 3.05) is 13.7 Å². The molecular weight excluding hydrogens is 340 g/mol. The van der Waals surface area contributed by atoms with Crippen molar-refractivity contribution in [3.8, 4) is 0 Å². The van der Waals surface area contributed by atoms with Crippen molar-refractivity contribution < 1.29 is 19.0 Å². The molecule has 2 atom stereocenters. The van der Waals surface area contributed by atoms with Crippen LogP contribution in [0.15, 0.2) is 46.1 Å². The molecule has 8 nitrogen and oxygen atoms in total. The van der Waals surface area contributed by atoms with E-state index in [1.807, 2.05) is 6.07 Å². The molecule has 0 radical (unpaired) electrons. The molecule has 0 bridgehead atoms. The molecule has 0 saturated carbocycles. The summed E-state index contributed by atoms with van der Waals surface area (Å²) in [5.74, 6) is -1.62. The van der Waals surface area contributed by atoms with Gasteiger partial charge in [0.2, 0.25) is 5.79 Å². The van der Waals surface area contributed by atoms with Crippen LogP contribution in [-0.2, 0) is 14.2 Å². The minimum absolute atomic E-state index is 0.106. The van der Waals surface area contributed by atoms with Crippen LogP contribution in [0.1, 0.15) is 35.0 Å². The number of benzene rings is 1. The van der Waals surface area contributed by atoms with Gasteiger partial charge >= 0.3 is 11.7 Å². The molecule has 0 unspecified atom stereocenters. The Balaban J connectivity index is 1.72. The number of hydrogen-bond acceptors (Lipinski definition) is 6. The highest BCUT2D eigenvalue weighted by Crippen LogP contribution is 2.36. The molecule has 0 aliphatic carbocycles. The maximum Gasteiger partial charge on any atom is 0.338 e. The third-order valence-electron chi connectivity index (χ3n) is 4.38. The second-order valence-electron chi connectivity index (χ2n) is 6.15. The highest BCUT2D eigenvalue weighted by atomic mass is 16.7. The van der Waals surface area contributed by atoms with Crippen molar-refractivity contribution >= 4 is 5.97 Å². The number of hydrogen-bond donors (Lipinski definition) is 1. The van der Waals surface area contributed by atoms with Gasteiger partial charge in [0.1, 0.15) is 12.8 Å². The number of carbonyl (C=O) groups excluding carboxylic acids is 1. The first kappa shape index (κ1) is 18.1. The summed E-state index contributed by atoms with van der Waals surface area (Å²) in [4.78, 5) is 37.9. The number of nitrogens with zero attached hydrogens (tertiary/aromatic N) is 1. The summed E-state index contributed by atoms with van der Waals surface area (Å²) >= 11 is 0. The quantitative estimate of drug-likeness (QED) is 0.808. The molecule has 0 amide bonds. The number of methoxy groups -OCH3 is 1. The monoisotopic (exact) mass is 360 g/mol. The van der Waals surface area contributed by atoms with Crippen LogP contribution >= 0.6 is 0 Å². The highest BCUT2D eigenvalue weighted by Gasteiger charge is 2.43. The van der Waals surface area contributed by atoms with E-state index in [9.17, 15) is 14.4 Å². The van der Waals surface area contributed by atoms with Gasteiger partial charge in [0.25, 0.3) is 5.56 Å². The lowest BCUT2D eigenvalue weighted by Crippen LogP contribution is -2.39. The van der Waals surface area contributed by atoms with E-state index in [0.29, 0.717) is 24.0 Å². The van der Waals surface area contributed by atoms with E-state index in [-0.39, 0.29) is 6.61 Å². The molecule has 2 aromatic rings. The second kappa shape index (κ2) is 7.27. The van der Waals surface area contributed by atoms with Crippen LogP contribution in [0.3, 0.4) is 0 Å². The Bertz CT molecular complexity index is 904. The van der Waals surface area contributed by atoms with Gasteiger partial charge in [-0.2, -0.15) is 0 Å². The zero-order chi connectivity index (χ0) is 18.7. The van der Waals surface area contributed by atoms with E-state index in [4.69, 9.17) is 14.2 Å². The number of rotatable bonds is 5. The van der Waals surface area contributed by atoms with Gasteiger partial charge in [-0.1, -0.05) is 18.2 Å². The van der Waals surface area contributed by atoms with E-state index in [1.165, 1.54) is 17.9 Å². The maximum atomic E-state index is 12.1. The zero-order valence-corrected chi connectivity index (χ0v) is 14.6. The number of aromatic nitrogens is 2. The molecule has 1 aliphatic rings. The SMILES string of the molecule is CO[C@]1(COC(=O)c2ccccc2)CC[C@H](n2cc(C)c(=O)[nH]c2=O)O1. The summed E-state index contributed by atoms with van der Waals surface area (Å²) in [5.41, 5.74) is -0.155. The van der Waals surface area contributed by atoms with Crippen molar-refractivity contribution in [3.63, 3.8) is 0 Å². The lowest BCUT2D eigenvalue weighted by atomic mass is 10.2. The standard InChI is InChI=1S/C18H20N2O6/c1-12-10-20(17(23)19-15(12)21)14-8-9-18(24-2,26-14)11-25-16(22)13-6-4-3-5-7-13/h3-7,10,14H,8-9,11H2,1-2H3,(H,19,21,23)/t14-,18-/m1/s1. The summed E-state index contributed by atoms with van der Waals surface area (Å²) in [5, 5.41) is 0. The predicted molar refractivity (Wildman–Crippen MR) is 91.9 cm³/mol. The normalized spacial score (nSPS) is 22.3. The molecule has 3 rings (SSSR count). The average Bonchev–Trinajstić information content (AvgIpc) is 3.08. The first-order valence-corrected chi connectivity index (χ1v) is 8.21. The fourth-order valence-corrected chi connectivity index (χ4v) is 2.85. The second-order valence-corrected chi connectivity index (χ2v) is 6.15. The summed E-state index contributed by atoms with van der Waals surface area (Å²) in [6.45, 7) is 1.50. The van der Waals surface area contributed by atoms with Crippen LogP contribution in [0.2, 0.25) is 0 Å². The fourth-order valence-electron chi connectivity index (χ4n) is 2.85. The van der Waals surface area contributed by atoms with E-state index in [2.05, 4.69) is 4.98 Å². The van der Waals surface area contributed by atoms with Gasteiger partial charge in [0.15, 0.2) is 0 Å². The first-order valence-electron chi connectivity index (χ1n) is 8.21. The Kier molecular flexibility index (Phi) is 5.06. The minimum Gasteiger partial charge on any atom is -0.456 e. The Morgan fingerprint density at radius 2 is 2.08 bits per heavy atom. The van der Waals surface area contributed by atoms with Crippen LogP contribution in [-0.4, -0.2) is 35.0 Å². The highest BCUT2D eigenvalue weighted by molar-refractivity contribution is 5.89. The average molecular weight is 360 g/mol. The van der Waals surface area contributed by atoms with Gasteiger partial charge < -0.3 is 14.2 Å². The van der Waals surface area contributed by atoms with Gasteiger partial charge in [0, 0.05) is 25.3 Å². The molecule has 0 spiro atoms. The van der Waals surface area contributed by atoms with Crippen LogP contribution in [0, 0.1) is 6.92 Å². The largest absolute Gasteiger partial charge is 0.456 e. The molecule has 26 heavy (non-hydrogen) atoms. The third-order valence-corrected chi connectivity index (χ3v) is 4.38. The summed E-state index contributed by atoms with van der Waals surface area (Å²) in [6, 6.07) is 8.61. The molecule has 1 aliphatic heterocycles. The Hall–Kier alpha value is -2.71. The number of carbonyl (C=O) groups is 1. The molecule has 1 aromatic heterocycles. The van der Waals surface area contributed by atoms with E-state index in [1.54, 1.807) is 31.2 Å². The Morgan fingerprint density at radius 1 is 1.35 bits per heavy atom. The van der Waals surface area contributed by atoms with Gasteiger partial charge in [-0.05, 0) is 25.5 Å². The van der Waals surface area contributed by atoms with Crippen LogP contribution in [0.4, 0.5) is 0 Å². The number of H-pyrrole nitrogens is 1. The van der Waals surface area contributed by atoms with E-state index >= 15 is 0 Å². The lowest BCUT2D eigenvalue weighted by molar-refractivity contribution is -0.242. The molecule has 1 fully saturated rings. The predicted octanol–water partition coefficient (Wildman–Crippen LogP) is 1.35. The van der Waals surface area contributed by atoms with Gasteiger partial charge in [-0.3, -0.25) is 14.3 Å². The zero-order valence-electron chi connectivity index (χ0n) is 14.6. The molecule has 1 aromatic carbocycles.